The molecule has 2 aromatic rings. The van der Waals surface area contributed by atoms with Crippen LogP contribution in [-0.4, -0.2) is 50.4 Å². The summed E-state index contributed by atoms with van der Waals surface area (Å²) in [5, 5.41) is 14.0. The molecule has 0 spiro atoms. The number of allylic oxidation sites excluding steroid dienone is 1. The molecule has 10 heteroatoms. The van der Waals surface area contributed by atoms with Crippen molar-refractivity contribution in [3.05, 3.63) is 40.5 Å². The van der Waals surface area contributed by atoms with Crippen LogP contribution in [0.1, 0.15) is 66.0 Å². The minimum Gasteiger partial charge on any atom is -0.390 e. The number of nitrogens with zero attached hydrogens (tertiary/aromatic N) is 7. The molecule has 1 fully saturated rings. The minimum absolute atomic E-state index is 0.122. The van der Waals surface area contributed by atoms with Crippen LogP contribution in [0.5, 0.6) is 0 Å². The second-order valence-electron chi connectivity index (χ2n) is 11.7. The first-order valence-electron chi connectivity index (χ1n) is 13.0. The zero-order chi connectivity index (χ0) is 27.8. The summed E-state index contributed by atoms with van der Waals surface area (Å²) in [6.45, 7) is 9.69. The van der Waals surface area contributed by atoms with Crippen LogP contribution in [0.25, 0.3) is 11.0 Å². The van der Waals surface area contributed by atoms with Crippen molar-refractivity contribution >= 4 is 28.5 Å². The molecule has 0 N–H and O–H groups in total. The number of fused-ring (bicyclic) bond motifs is 1. The van der Waals surface area contributed by atoms with Crippen molar-refractivity contribution in [3.63, 3.8) is 0 Å². The van der Waals surface area contributed by atoms with Gasteiger partial charge in [-0.1, -0.05) is 11.2 Å². The lowest BCUT2D eigenvalue weighted by molar-refractivity contribution is -0.00135. The van der Waals surface area contributed by atoms with Gasteiger partial charge in [-0.3, -0.25) is 9.56 Å². The predicted molar refractivity (Wildman–Crippen MR) is 147 cm³/mol. The molecule has 2 aliphatic rings. The molecule has 1 unspecified atom stereocenters. The first-order chi connectivity index (χ1) is 17.8. The summed E-state index contributed by atoms with van der Waals surface area (Å²) in [7, 11) is 3.58. The number of hydrogen-bond acceptors (Lipinski definition) is 8. The van der Waals surface area contributed by atoms with E-state index >= 15 is 0 Å². The molecule has 2 aromatic heterocycles. The lowest BCUT2D eigenvalue weighted by atomic mass is 9.73. The Morgan fingerprint density at radius 1 is 1.24 bits per heavy atom. The Bertz CT molecular complexity index is 1400. The van der Waals surface area contributed by atoms with Crippen LogP contribution >= 0.6 is 0 Å². The highest BCUT2D eigenvalue weighted by Gasteiger charge is 2.40. The molecule has 1 atom stereocenters. The lowest BCUT2D eigenvalue weighted by Gasteiger charge is -2.39. The average Bonchev–Trinajstić information content (AvgIpc) is 2.86. The quantitative estimate of drug-likeness (QED) is 0.417. The van der Waals surface area contributed by atoms with Crippen LogP contribution in [-0.2, 0) is 11.9 Å². The number of aromatic nitrogens is 3. The van der Waals surface area contributed by atoms with Gasteiger partial charge in [0.25, 0.3) is 0 Å². The number of oxime groups is 1. The zero-order valence-corrected chi connectivity index (χ0v) is 23.2. The zero-order valence-electron chi connectivity index (χ0n) is 23.2. The van der Waals surface area contributed by atoms with Crippen LogP contribution < -0.4 is 10.6 Å². The molecule has 0 bridgehead atoms. The predicted octanol–water partition coefficient (Wildman–Crippen LogP) is 4.70. The van der Waals surface area contributed by atoms with E-state index < -0.39 is 17.1 Å². The van der Waals surface area contributed by atoms with E-state index in [1.54, 1.807) is 19.2 Å². The molecule has 1 aliphatic carbocycles. The van der Waals surface area contributed by atoms with Gasteiger partial charge in [-0.05, 0) is 78.5 Å². The highest BCUT2D eigenvalue weighted by molar-refractivity contribution is 5.96. The van der Waals surface area contributed by atoms with Crippen LogP contribution in [0.2, 0.25) is 0 Å². The van der Waals surface area contributed by atoms with Crippen LogP contribution in [0, 0.1) is 23.2 Å². The number of rotatable bonds is 5. The smallest absolute Gasteiger partial charge is 0.349 e. The first kappa shape index (κ1) is 27.4. The maximum Gasteiger partial charge on any atom is 0.349 e. The Hall–Kier alpha value is -3.61. The van der Waals surface area contributed by atoms with E-state index in [0.717, 1.165) is 31.4 Å². The number of hydrogen-bond donors (Lipinski definition) is 0. The summed E-state index contributed by atoms with van der Waals surface area (Å²) in [4.78, 5) is 33.5. The van der Waals surface area contributed by atoms with Gasteiger partial charge in [-0.25, -0.2) is 9.78 Å². The molecular formula is C28H36FN7O2. The van der Waals surface area contributed by atoms with E-state index in [0.29, 0.717) is 16.9 Å². The molecule has 0 radical (unpaired) electrons. The molecule has 3 heterocycles. The number of nitriles is 1. The van der Waals surface area contributed by atoms with Gasteiger partial charge in [0.15, 0.2) is 5.82 Å². The number of anilines is 1. The highest BCUT2D eigenvalue weighted by Crippen LogP contribution is 2.38. The Morgan fingerprint density at radius 3 is 2.53 bits per heavy atom. The van der Waals surface area contributed by atoms with E-state index in [1.165, 1.54) is 10.6 Å². The molecule has 4 rings (SSSR count). The Kier molecular flexibility index (Phi) is 7.42. The van der Waals surface area contributed by atoms with Crippen molar-refractivity contribution < 1.29 is 9.23 Å². The third-order valence-electron chi connectivity index (χ3n) is 7.37. The van der Waals surface area contributed by atoms with Crippen molar-refractivity contribution in [3.8, 4) is 6.07 Å². The molecule has 0 amide bonds. The summed E-state index contributed by atoms with van der Waals surface area (Å²) in [5.41, 5.74) is 0.824. The SMILES string of the molecule is CN(c1nc(=O)n(C)c2ccc(C#N)nc12)C1CCC(/C(=N\OC(C)(C)C)C2C=CC(F)=NC2(C)C)CC1. The molecule has 0 aromatic carbocycles. The maximum absolute atomic E-state index is 14.0. The second kappa shape index (κ2) is 10.3. The number of dihydropyridines is 1. The van der Waals surface area contributed by atoms with Crippen molar-refractivity contribution in [1.29, 1.82) is 5.26 Å². The van der Waals surface area contributed by atoms with Gasteiger partial charge >= 0.3 is 5.69 Å². The molecule has 0 saturated heterocycles. The Balaban J connectivity index is 1.60. The summed E-state index contributed by atoms with van der Waals surface area (Å²) in [6.07, 6.45) is 6.61. The fourth-order valence-corrected chi connectivity index (χ4v) is 5.28. The molecule has 202 valence electrons. The molecule has 1 aliphatic heterocycles. The Labute approximate surface area is 222 Å². The largest absolute Gasteiger partial charge is 0.390 e. The van der Waals surface area contributed by atoms with Crippen LogP contribution in [0.3, 0.4) is 0 Å². The van der Waals surface area contributed by atoms with E-state index in [2.05, 4.69) is 26.2 Å². The first-order valence-corrected chi connectivity index (χ1v) is 13.0. The number of aliphatic imine (C=N–C) groups is 1. The summed E-state index contributed by atoms with van der Waals surface area (Å²) in [6, 6.07) is 5.54. The van der Waals surface area contributed by atoms with Gasteiger partial charge in [0.2, 0.25) is 5.97 Å². The summed E-state index contributed by atoms with van der Waals surface area (Å²) in [5.74, 6) is -0.0340. The summed E-state index contributed by atoms with van der Waals surface area (Å²) < 4.78 is 15.4. The fourth-order valence-electron chi connectivity index (χ4n) is 5.28. The number of pyridine rings is 1. The molecule has 38 heavy (non-hydrogen) atoms. The van der Waals surface area contributed by atoms with Gasteiger partial charge in [0.05, 0.1) is 16.8 Å². The maximum atomic E-state index is 14.0. The van der Waals surface area contributed by atoms with Gasteiger partial charge in [-0.2, -0.15) is 14.6 Å². The topological polar surface area (TPSA) is 109 Å². The van der Waals surface area contributed by atoms with Crippen molar-refractivity contribution in [2.24, 2.45) is 29.0 Å². The highest BCUT2D eigenvalue weighted by atomic mass is 19.1. The second-order valence-corrected chi connectivity index (χ2v) is 11.7. The normalized spacial score (nSPS) is 23.6. The van der Waals surface area contributed by atoms with E-state index in [9.17, 15) is 14.4 Å². The van der Waals surface area contributed by atoms with Crippen molar-refractivity contribution in [1.82, 2.24) is 14.5 Å². The molecule has 9 nitrogen and oxygen atoms in total. The van der Waals surface area contributed by atoms with Crippen LogP contribution in [0.15, 0.2) is 39.2 Å². The van der Waals surface area contributed by atoms with Gasteiger partial charge < -0.3 is 9.74 Å². The third-order valence-corrected chi connectivity index (χ3v) is 7.37. The molecule has 1 saturated carbocycles. The van der Waals surface area contributed by atoms with E-state index in [4.69, 9.17) is 4.84 Å². The number of halogens is 1. The van der Waals surface area contributed by atoms with E-state index in [1.807, 2.05) is 52.6 Å². The van der Waals surface area contributed by atoms with Gasteiger partial charge in [0.1, 0.15) is 22.9 Å². The number of aryl methyl sites for hydroxylation is 1. The standard InChI is InChI=1S/C28H36FN7O2/c1-27(2,3)38-34-23(20-13-15-22(29)33-28(20,4)5)17-8-11-19(12-9-17)35(6)25-24-21(36(7)26(37)32-25)14-10-18(16-30)31-24/h10,13-15,17,19-20H,8-9,11-12H2,1-7H3/b34-23+. The third kappa shape index (κ3) is 5.62. The lowest BCUT2D eigenvalue weighted by Crippen LogP contribution is -2.43. The molecular weight excluding hydrogens is 485 g/mol. The monoisotopic (exact) mass is 521 g/mol. The van der Waals surface area contributed by atoms with E-state index in [-0.39, 0.29) is 29.3 Å². The van der Waals surface area contributed by atoms with Crippen molar-refractivity contribution in [2.45, 2.75) is 77.5 Å². The average molecular weight is 522 g/mol. The van der Waals surface area contributed by atoms with Gasteiger partial charge in [0, 0.05) is 32.0 Å². The van der Waals surface area contributed by atoms with Crippen molar-refractivity contribution in [2.75, 3.05) is 11.9 Å². The Morgan fingerprint density at radius 2 is 1.92 bits per heavy atom. The summed E-state index contributed by atoms with van der Waals surface area (Å²) >= 11 is 0. The van der Waals surface area contributed by atoms with Gasteiger partial charge in [-0.15, -0.1) is 0 Å². The fraction of sp³-hybridized carbons (Fsp3) is 0.571. The minimum atomic E-state index is -0.677. The van der Waals surface area contributed by atoms with Crippen LogP contribution in [0.4, 0.5) is 10.2 Å².